The van der Waals surface area contributed by atoms with Gasteiger partial charge in [-0.3, -0.25) is 51.1 Å². The molecule has 6 rings (SSSR count). The fraction of sp³-hybridized carbons (Fsp3) is 0.494. The number of aliphatic carboxylic acids is 2. The number of aldehydes is 1. The zero-order chi connectivity index (χ0) is 97.4. The van der Waals surface area contributed by atoms with Crippen molar-refractivity contribution in [3.05, 3.63) is 88.0 Å². The quantitative estimate of drug-likeness (QED) is 0.00596. The molecule has 44 nitrogen and oxygen atoms in total. The van der Waals surface area contributed by atoms with Crippen LogP contribution < -0.4 is 46.1 Å². The number of hydrogen-bond donors (Lipinski definition) is 9. The Kier molecular flexibility index (Phi) is 62.1. The minimum Gasteiger partial charge on any atom is -0.497 e. The Morgan fingerprint density at radius 1 is 0.446 bits per heavy atom. The predicted octanol–water partition coefficient (Wildman–Crippen LogP) is 6.50. The number of aliphatic hydroxyl groups is 1. The van der Waals surface area contributed by atoms with Gasteiger partial charge in [-0.15, -0.1) is 16.6 Å². The van der Waals surface area contributed by atoms with Crippen LogP contribution in [0.15, 0.2) is 54.6 Å². The van der Waals surface area contributed by atoms with Crippen molar-refractivity contribution in [3.63, 3.8) is 0 Å². The molecule has 0 aromatic heterocycles. The molecular weight excluding hydrogens is 1860 g/mol. The Morgan fingerprint density at radius 2 is 0.754 bits per heavy atom. The third-order valence-electron chi connectivity index (χ3n) is 15.1. The van der Waals surface area contributed by atoms with E-state index in [1.54, 1.807) is 59.8 Å². The number of nitrogens with zero attached hydrogens (tertiary/aromatic N) is 3. The summed E-state index contributed by atoms with van der Waals surface area (Å²) in [7, 11) is 13.5. The van der Waals surface area contributed by atoms with E-state index >= 15 is 0 Å². The first-order valence-corrected chi connectivity index (χ1v) is 48.2. The van der Waals surface area contributed by atoms with Gasteiger partial charge >= 0.3 is 78.3 Å². The fourth-order valence-corrected chi connectivity index (χ4v) is 11.4. The molecule has 3 heterocycles. The number of aliphatic hydroxyl groups excluding tert-OH is 1. The molecule has 49 heteroatoms. The molecular formula is C81H123BrClN9O35Si3. The standard InChI is InChI=1S/2C20H26N2O6Si.C10H10BrNO2.C10H17NO4Si.C6H11NO5.C5H8ClNO4.C4H7NO5.C2H2O3.4CH4/c2*1-26-15-8-7-14-12-22(17(23)16(14)11-15)13-20(18(24)27-2,21-19(25)28-3)9-10-29(4,5)6;1-14-8-3-2-7-5-12(6-11)10(13)9(7)4-8;1-14-9(12)8(11-10(13)15-2)6-7-16(3,4)5;1-10-4(5(8)11-2)7-6(9)12-3;1-10-4(8)3(6)7-5(9)11-2;1-10-4(9)5-2(6)3(7)8;3-1-2(4)5;;;;/h2*7-8,11H,12-13H2,1-6H3,(H,21,25);2-4H,5-6H2,1H3;8H,1-5H3,(H,11,13);4H,1-3H3,(H,7,9);3H,1-2H3,(H,7,9);2,6H,1H3,(H,5,9)(H,7,8);1H,(H,4,5);4*1H4/t20-;;;;;;;;;;;/m1.........../s1. The van der Waals surface area contributed by atoms with E-state index in [9.17, 15) is 71.9 Å². The molecule has 0 fully saturated rings. The lowest BCUT2D eigenvalue weighted by Crippen LogP contribution is -2.60. The number of amides is 9. The Labute approximate surface area is 772 Å². The summed E-state index contributed by atoms with van der Waals surface area (Å²) in [4.78, 5) is 194. The van der Waals surface area contributed by atoms with Crippen LogP contribution in [0.4, 0.5) is 28.8 Å². The third-order valence-corrected chi connectivity index (χ3v) is 18.7. The van der Waals surface area contributed by atoms with Crippen LogP contribution in [0.1, 0.15) is 77.5 Å². The van der Waals surface area contributed by atoms with E-state index < -0.39 is 138 Å². The highest BCUT2D eigenvalue weighted by Gasteiger charge is 2.47. The van der Waals surface area contributed by atoms with Crippen molar-refractivity contribution in [2.24, 2.45) is 0 Å². The maximum atomic E-state index is 12.9. The number of ether oxygens (including phenoxy) is 15. The van der Waals surface area contributed by atoms with Crippen molar-refractivity contribution in [1.82, 2.24) is 46.6 Å². The van der Waals surface area contributed by atoms with E-state index in [-0.39, 0.29) is 79.9 Å². The molecule has 0 radical (unpaired) electrons. The van der Waals surface area contributed by atoms with Gasteiger partial charge in [0.05, 0.1) is 118 Å². The summed E-state index contributed by atoms with van der Waals surface area (Å²) in [6.07, 6.45) is -8.12. The summed E-state index contributed by atoms with van der Waals surface area (Å²) >= 11 is 8.60. The van der Waals surface area contributed by atoms with Crippen molar-refractivity contribution in [2.75, 3.05) is 125 Å². The maximum absolute atomic E-state index is 12.9. The van der Waals surface area contributed by atoms with Gasteiger partial charge in [0.2, 0.25) is 35.3 Å². The van der Waals surface area contributed by atoms with E-state index in [0.717, 1.165) is 49.3 Å². The van der Waals surface area contributed by atoms with Gasteiger partial charge in [0, 0.05) is 43.4 Å². The molecule has 9 amide bonds. The molecule has 3 aromatic rings. The van der Waals surface area contributed by atoms with Crippen LogP contribution >= 0.6 is 27.5 Å². The number of halogens is 2. The zero-order valence-corrected chi connectivity index (χ0v) is 79.2. The number of carbonyl (C=O) groups excluding carboxylic acids is 15. The summed E-state index contributed by atoms with van der Waals surface area (Å²) in [6, 6.07) is 15.1. The van der Waals surface area contributed by atoms with Gasteiger partial charge < -0.3 is 101 Å². The number of benzene rings is 3. The van der Waals surface area contributed by atoms with Crippen LogP contribution in [0.5, 0.6) is 17.2 Å². The molecule has 3 aromatic carbocycles. The summed E-state index contributed by atoms with van der Waals surface area (Å²) in [5, 5.41) is 36.8. The summed E-state index contributed by atoms with van der Waals surface area (Å²) in [5.41, 5.74) is 9.44. The highest BCUT2D eigenvalue weighted by Crippen LogP contribution is 2.31. The molecule has 9 N–H and O–H groups in total. The predicted molar refractivity (Wildman–Crippen MR) is 483 cm³/mol. The molecule has 5 unspecified atom stereocenters. The number of carboxylic acids is 2. The van der Waals surface area contributed by atoms with Crippen LogP contribution in [0.2, 0.25) is 58.9 Å². The van der Waals surface area contributed by atoms with Gasteiger partial charge in [-0.05, 0) is 53.1 Å². The van der Waals surface area contributed by atoms with Crippen molar-refractivity contribution in [1.29, 1.82) is 0 Å². The van der Waals surface area contributed by atoms with E-state index in [1.165, 1.54) is 88.0 Å². The molecule has 0 bridgehead atoms. The van der Waals surface area contributed by atoms with Gasteiger partial charge in [-0.25, -0.2) is 62.3 Å². The Morgan fingerprint density at radius 3 is 1.03 bits per heavy atom. The van der Waals surface area contributed by atoms with Gasteiger partial charge in [0.1, 0.15) is 41.5 Å². The van der Waals surface area contributed by atoms with Crippen molar-refractivity contribution in [2.45, 2.75) is 143 Å². The van der Waals surface area contributed by atoms with Crippen molar-refractivity contribution in [3.8, 4) is 51.6 Å². The van der Waals surface area contributed by atoms with Gasteiger partial charge in [0.15, 0.2) is 6.04 Å². The van der Waals surface area contributed by atoms with Crippen LogP contribution in [0.3, 0.4) is 0 Å². The number of hydrogen-bond acceptors (Lipinski definition) is 33. The Hall–Kier alpha value is -12.9. The summed E-state index contributed by atoms with van der Waals surface area (Å²) in [5.74, 6) is 3.30. The number of esters is 5. The lowest BCUT2D eigenvalue weighted by Gasteiger charge is -2.31. The molecule has 6 atom stereocenters. The summed E-state index contributed by atoms with van der Waals surface area (Å²) < 4.78 is 69.1. The molecule has 0 saturated heterocycles. The second-order valence-corrected chi connectivity index (χ2v) is 43.0. The first-order valence-electron chi connectivity index (χ1n) is 36.1. The number of methoxy groups -OCH3 is 15. The number of alkyl halides is 2. The second-order valence-electron chi connectivity index (χ2n) is 27.8. The first kappa shape index (κ1) is 128. The average molecular weight is 1980 g/mol. The number of fused-ring (bicyclic) bond motifs is 3. The molecule has 0 saturated carbocycles. The Bertz CT molecular complexity index is 4370. The highest BCUT2D eigenvalue weighted by molar-refractivity contribution is 9.09. The molecule has 0 spiro atoms. The van der Waals surface area contributed by atoms with Gasteiger partial charge in [-0.1, -0.05) is 152 Å². The van der Waals surface area contributed by atoms with Crippen LogP contribution in [-0.4, -0.2) is 317 Å². The molecule has 3 aliphatic rings. The van der Waals surface area contributed by atoms with Crippen LogP contribution in [-0.2, 0) is 115 Å². The number of alkyl carbamates (subject to hydrolysis) is 6. The third kappa shape index (κ3) is 46.2. The SMILES string of the molecule is C.C.C.C.COC(=O)NC(C#C[Si](C)(C)C)(CN1Cc2ccc(OC)cc2C1=O)C(=O)OC.COC(=O)NC(C#C[Si](C)(C)C)C(=O)OC.COC(=O)NC(Cl)C(=O)OC.COC(=O)NC(O)C(=O)O.COC(=O)NC(OC)C(=O)OC.COC(=O)N[C@](C#C[Si](C)(C)C)(CN1Cc2ccc(OC)cc2C1=O)C(=O)OC.COc1ccc2c(c1)C(=O)N(CBr)C2.O=CC(=O)O. The number of nitrogens with one attached hydrogen (secondary N) is 6. The normalized spacial score (nSPS) is 12.8. The lowest BCUT2D eigenvalue weighted by molar-refractivity contribution is -0.154. The van der Waals surface area contributed by atoms with Gasteiger partial charge in [-0.2, -0.15) is 0 Å². The Balaban J connectivity index is -0.000000353. The largest absolute Gasteiger partial charge is 0.497 e. The summed E-state index contributed by atoms with van der Waals surface area (Å²) in [6.45, 7) is 19.0. The van der Waals surface area contributed by atoms with E-state index in [4.69, 9.17) is 60.2 Å². The maximum Gasteiger partial charge on any atom is 0.409 e. The average Bonchev–Trinajstić information content (AvgIpc) is 1.57. The van der Waals surface area contributed by atoms with E-state index in [2.05, 4.69) is 119 Å². The van der Waals surface area contributed by atoms with E-state index in [1.807, 2.05) is 76.4 Å². The fourth-order valence-electron chi connectivity index (χ4n) is 9.05. The first-order chi connectivity index (χ1) is 58.8. The van der Waals surface area contributed by atoms with Crippen molar-refractivity contribution < 1.29 is 168 Å². The molecule has 3 aliphatic heterocycles. The topological polar surface area (TPSA) is 571 Å². The van der Waals surface area contributed by atoms with Crippen LogP contribution in [0.25, 0.3) is 0 Å². The number of carboxylic acid groups (broad SMARTS) is 2. The highest BCUT2D eigenvalue weighted by atomic mass is 79.9. The molecule has 130 heavy (non-hydrogen) atoms. The molecule has 728 valence electrons. The lowest BCUT2D eigenvalue weighted by atomic mass is 10.00. The second kappa shape index (κ2) is 63.1. The minimum atomic E-state index is -1.92. The van der Waals surface area contributed by atoms with E-state index in [0.29, 0.717) is 34.6 Å². The number of rotatable bonds is 22. The molecule has 0 aliphatic carbocycles. The van der Waals surface area contributed by atoms with Gasteiger partial charge in [0.25, 0.3) is 17.7 Å². The smallest absolute Gasteiger partial charge is 0.409 e. The monoisotopic (exact) mass is 1980 g/mol. The van der Waals surface area contributed by atoms with Crippen molar-refractivity contribution >= 4 is 154 Å². The zero-order valence-electron chi connectivity index (χ0n) is 73.8. The van der Waals surface area contributed by atoms with Crippen LogP contribution in [0, 0.1) is 34.4 Å². The number of carbonyl (C=O) groups is 17. The minimum absolute atomic E-state index is 0.